The molecule has 0 aliphatic heterocycles. The first kappa shape index (κ1) is 13.6. The molecular formula is C13H13BrN2O3. The summed E-state index contributed by atoms with van der Waals surface area (Å²) in [5, 5.41) is 0. The molecule has 0 saturated heterocycles. The van der Waals surface area contributed by atoms with Crippen LogP contribution in [0.1, 0.15) is 5.56 Å². The zero-order valence-electron chi connectivity index (χ0n) is 10.8. The van der Waals surface area contributed by atoms with Gasteiger partial charge >= 0.3 is 6.01 Å². The van der Waals surface area contributed by atoms with Crippen LogP contribution in [-0.2, 0) is 0 Å². The largest absolute Gasteiger partial charge is 0.481 e. The molecule has 0 aliphatic carbocycles. The van der Waals surface area contributed by atoms with Gasteiger partial charge in [-0.25, -0.2) is 0 Å². The Kier molecular flexibility index (Phi) is 4.21. The van der Waals surface area contributed by atoms with Gasteiger partial charge in [-0.05, 0) is 40.5 Å². The second-order valence-corrected chi connectivity index (χ2v) is 4.63. The molecule has 0 amide bonds. The first-order chi connectivity index (χ1) is 9.12. The van der Waals surface area contributed by atoms with E-state index in [2.05, 4.69) is 25.9 Å². The monoisotopic (exact) mass is 324 g/mol. The molecule has 19 heavy (non-hydrogen) atoms. The third-order valence-electron chi connectivity index (χ3n) is 2.37. The van der Waals surface area contributed by atoms with Crippen LogP contribution in [0.5, 0.6) is 23.5 Å². The Morgan fingerprint density at radius 3 is 2.16 bits per heavy atom. The molecule has 5 nitrogen and oxygen atoms in total. The highest BCUT2D eigenvalue weighted by Gasteiger charge is 2.09. The van der Waals surface area contributed by atoms with Gasteiger partial charge in [-0.2, -0.15) is 9.97 Å². The molecule has 0 saturated carbocycles. The lowest BCUT2D eigenvalue weighted by molar-refractivity contribution is 0.347. The van der Waals surface area contributed by atoms with Crippen molar-refractivity contribution in [3.05, 3.63) is 34.3 Å². The molecule has 0 bridgehead atoms. The van der Waals surface area contributed by atoms with E-state index in [0.717, 1.165) is 10.0 Å². The van der Waals surface area contributed by atoms with Crippen LogP contribution < -0.4 is 14.2 Å². The van der Waals surface area contributed by atoms with E-state index in [1.54, 1.807) is 6.07 Å². The fourth-order valence-electron chi connectivity index (χ4n) is 1.43. The lowest BCUT2D eigenvalue weighted by Gasteiger charge is -2.09. The van der Waals surface area contributed by atoms with Crippen molar-refractivity contribution >= 4 is 15.9 Å². The summed E-state index contributed by atoms with van der Waals surface area (Å²) >= 11 is 3.43. The number of benzene rings is 1. The lowest BCUT2D eigenvalue weighted by atomic mass is 10.2. The average Bonchev–Trinajstić information content (AvgIpc) is 2.41. The molecule has 0 N–H and O–H groups in total. The predicted molar refractivity (Wildman–Crippen MR) is 74.1 cm³/mol. The minimum atomic E-state index is 0.167. The van der Waals surface area contributed by atoms with E-state index < -0.39 is 0 Å². The third-order valence-corrected chi connectivity index (χ3v) is 2.99. The Morgan fingerprint density at radius 1 is 1.00 bits per heavy atom. The number of nitrogens with zero attached hydrogens (tertiary/aromatic N) is 2. The van der Waals surface area contributed by atoms with Crippen LogP contribution in [-0.4, -0.2) is 24.2 Å². The molecule has 100 valence electrons. The van der Waals surface area contributed by atoms with Gasteiger partial charge in [0.05, 0.1) is 24.8 Å². The second-order valence-electron chi connectivity index (χ2n) is 3.77. The van der Waals surface area contributed by atoms with E-state index in [0.29, 0.717) is 17.5 Å². The van der Waals surface area contributed by atoms with Gasteiger partial charge in [-0.15, -0.1) is 0 Å². The van der Waals surface area contributed by atoms with E-state index in [-0.39, 0.29) is 6.01 Å². The molecule has 6 heteroatoms. The van der Waals surface area contributed by atoms with Crippen molar-refractivity contribution in [3.63, 3.8) is 0 Å². The SMILES string of the molecule is COc1cc(OC)nc(Oc2ccc(C)cc2Br)n1. The van der Waals surface area contributed by atoms with Crippen LogP contribution in [0.15, 0.2) is 28.7 Å². The van der Waals surface area contributed by atoms with Gasteiger partial charge < -0.3 is 14.2 Å². The maximum atomic E-state index is 5.62. The summed E-state index contributed by atoms with van der Waals surface area (Å²) in [6.07, 6.45) is 0. The lowest BCUT2D eigenvalue weighted by Crippen LogP contribution is -1.98. The van der Waals surface area contributed by atoms with Crippen molar-refractivity contribution in [2.45, 2.75) is 6.92 Å². The molecule has 0 unspecified atom stereocenters. The molecule has 0 aliphatic rings. The van der Waals surface area contributed by atoms with Crippen LogP contribution in [0.2, 0.25) is 0 Å². The molecule has 0 radical (unpaired) electrons. The van der Waals surface area contributed by atoms with Gasteiger partial charge in [0.2, 0.25) is 11.8 Å². The van der Waals surface area contributed by atoms with E-state index in [9.17, 15) is 0 Å². The van der Waals surface area contributed by atoms with Gasteiger partial charge in [0.15, 0.2) is 0 Å². The highest BCUT2D eigenvalue weighted by atomic mass is 79.9. The predicted octanol–water partition coefficient (Wildman–Crippen LogP) is 3.36. The van der Waals surface area contributed by atoms with Crippen molar-refractivity contribution in [1.82, 2.24) is 9.97 Å². The summed E-state index contributed by atoms with van der Waals surface area (Å²) in [4.78, 5) is 8.20. The van der Waals surface area contributed by atoms with Gasteiger partial charge in [0.1, 0.15) is 5.75 Å². The number of rotatable bonds is 4. The van der Waals surface area contributed by atoms with Gasteiger partial charge in [0, 0.05) is 0 Å². The van der Waals surface area contributed by atoms with Gasteiger partial charge in [-0.3, -0.25) is 0 Å². The standard InChI is InChI=1S/C13H13BrN2O3/c1-8-4-5-10(9(14)6-8)19-13-15-11(17-2)7-12(16-13)18-3/h4-7H,1-3H3. The molecule has 1 heterocycles. The molecule has 2 rings (SSSR count). The Labute approximate surface area is 119 Å². The van der Waals surface area contributed by atoms with Crippen LogP contribution in [0.4, 0.5) is 0 Å². The maximum Gasteiger partial charge on any atom is 0.328 e. The minimum absolute atomic E-state index is 0.167. The van der Waals surface area contributed by atoms with Crippen molar-refractivity contribution in [3.8, 4) is 23.5 Å². The van der Waals surface area contributed by atoms with Crippen molar-refractivity contribution in [2.24, 2.45) is 0 Å². The fourth-order valence-corrected chi connectivity index (χ4v) is 2.00. The zero-order valence-corrected chi connectivity index (χ0v) is 12.4. The van der Waals surface area contributed by atoms with Crippen molar-refractivity contribution < 1.29 is 14.2 Å². The number of hydrogen-bond acceptors (Lipinski definition) is 5. The first-order valence-electron chi connectivity index (χ1n) is 5.53. The number of methoxy groups -OCH3 is 2. The third kappa shape index (κ3) is 3.35. The second kappa shape index (κ2) is 5.88. The Hall–Kier alpha value is -1.82. The Balaban J connectivity index is 2.31. The summed E-state index contributed by atoms with van der Waals surface area (Å²) in [5.41, 5.74) is 1.13. The first-order valence-corrected chi connectivity index (χ1v) is 6.32. The summed E-state index contributed by atoms with van der Waals surface area (Å²) in [7, 11) is 3.04. The average molecular weight is 325 g/mol. The highest BCUT2D eigenvalue weighted by molar-refractivity contribution is 9.10. The zero-order chi connectivity index (χ0) is 13.8. The number of ether oxygens (including phenoxy) is 3. The number of aryl methyl sites for hydroxylation is 1. The molecule has 2 aromatic rings. The van der Waals surface area contributed by atoms with Crippen molar-refractivity contribution in [1.29, 1.82) is 0 Å². The van der Waals surface area contributed by atoms with Crippen LogP contribution in [0.3, 0.4) is 0 Å². The van der Waals surface area contributed by atoms with Crippen LogP contribution in [0.25, 0.3) is 0 Å². The number of hydrogen-bond donors (Lipinski definition) is 0. The fraction of sp³-hybridized carbons (Fsp3) is 0.231. The molecule has 0 spiro atoms. The van der Waals surface area contributed by atoms with Crippen molar-refractivity contribution in [2.75, 3.05) is 14.2 Å². The molecular weight excluding hydrogens is 312 g/mol. The van der Waals surface area contributed by atoms with E-state index in [4.69, 9.17) is 14.2 Å². The summed E-state index contributed by atoms with van der Waals surface area (Å²) < 4.78 is 16.6. The highest BCUT2D eigenvalue weighted by Crippen LogP contribution is 2.30. The minimum Gasteiger partial charge on any atom is -0.481 e. The quantitative estimate of drug-likeness (QED) is 0.863. The number of halogens is 1. The Bertz CT molecular complexity index is 568. The van der Waals surface area contributed by atoms with Crippen LogP contribution >= 0.6 is 15.9 Å². The molecule has 1 aromatic carbocycles. The van der Waals surface area contributed by atoms with E-state index in [1.165, 1.54) is 14.2 Å². The summed E-state index contributed by atoms with van der Waals surface area (Å²) in [5.74, 6) is 1.39. The maximum absolute atomic E-state index is 5.62. The summed E-state index contributed by atoms with van der Waals surface area (Å²) in [6, 6.07) is 7.48. The molecule has 1 aromatic heterocycles. The molecule has 0 atom stereocenters. The Morgan fingerprint density at radius 2 is 1.63 bits per heavy atom. The van der Waals surface area contributed by atoms with Gasteiger partial charge in [-0.1, -0.05) is 6.07 Å². The normalized spacial score (nSPS) is 10.1. The van der Waals surface area contributed by atoms with E-state index in [1.807, 2.05) is 25.1 Å². The topological polar surface area (TPSA) is 53.5 Å². The number of aromatic nitrogens is 2. The summed E-state index contributed by atoms with van der Waals surface area (Å²) in [6.45, 7) is 2.00. The smallest absolute Gasteiger partial charge is 0.328 e. The van der Waals surface area contributed by atoms with E-state index >= 15 is 0 Å². The van der Waals surface area contributed by atoms with Gasteiger partial charge in [0.25, 0.3) is 0 Å². The van der Waals surface area contributed by atoms with Crippen LogP contribution in [0, 0.1) is 6.92 Å². The molecule has 0 fully saturated rings.